The molecule has 0 fully saturated rings. The number of aryl methyl sites for hydroxylation is 1. The van der Waals surface area contributed by atoms with Gasteiger partial charge in [0, 0.05) is 5.02 Å². The van der Waals surface area contributed by atoms with Gasteiger partial charge in [0.15, 0.2) is 0 Å². The normalized spacial score (nSPS) is 12.9. The van der Waals surface area contributed by atoms with Gasteiger partial charge in [0.25, 0.3) is 0 Å². The molecule has 0 saturated heterocycles. The minimum Gasteiger partial charge on any atom is -0.388 e. The van der Waals surface area contributed by atoms with Gasteiger partial charge in [-0.3, -0.25) is 0 Å². The molecule has 0 heterocycles. The molecule has 1 unspecified atom stereocenters. The SMILES string of the molecule is CCc1cc(Cl)cc(C(O)CCN)c1. The topological polar surface area (TPSA) is 46.2 Å². The number of benzene rings is 1. The molecule has 0 radical (unpaired) electrons. The molecule has 0 saturated carbocycles. The monoisotopic (exact) mass is 213 g/mol. The van der Waals surface area contributed by atoms with Crippen molar-refractivity contribution in [2.75, 3.05) is 6.54 Å². The number of aliphatic hydroxyl groups excluding tert-OH is 1. The fourth-order valence-corrected chi connectivity index (χ4v) is 1.66. The Morgan fingerprint density at radius 3 is 2.71 bits per heavy atom. The van der Waals surface area contributed by atoms with Gasteiger partial charge < -0.3 is 10.8 Å². The van der Waals surface area contributed by atoms with Crippen LogP contribution in [0.1, 0.15) is 30.6 Å². The summed E-state index contributed by atoms with van der Waals surface area (Å²) in [5.74, 6) is 0. The number of aliphatic hydroxyl groups is 1. The largest absolute Gasteiger partial charge is 0.388 e. The van der Waals surface area contributed by atoms with E-state index >= 15 is 0 Å². The maximum absolute atomic E-state index is 9.73. The van der Waals surface area contributed by atoms with Crippen molar-refractivity contribution in [3.8, 4) is 0 Å². The van der Waals surface area contributed by atoms with Crippen LogP contribution in [-0.2, 0) is 6.42 Å². The van der Waals surface area contributed by atoms with Crippen molar-refractivity contribution in [1.29, 1.82) is 0 Å². The third kappa shape index (κ3) is 2.98. The zero-order chi connectivity index (χ0) is 10.6. The van der Waals surface area contributed by atoms with Gasteiger partial charge in [-0.1, -0.05) is 24.6 Å². The highest BCUT2D eigenvalue weighted by molar-refractivity contribution is 6.30. The Labute approximate surface area is 89.7 Å². The van der Waals surface area contributed by atoms with Crippen LogP contribution in [0.5, 0.6) is 0 Å². The molecule has 0 aromatic heterocycles. The van der Waals surface area contributed by atoms with Gasteiger partial charge in [-0.2, -0.15) is 0 Å². The summed E-state index contributed by atoms with van der Waals surface area (Å²) in [6, 6.07) is 5.69. The molecule has 0 aliphatic carbocycles. The summed E-state index contributed by atoms with van der Waals surface area (Å²) in [7, 11) is 0. The lowest BCUT2D eigenvalue weighted by atomic mass is 10.0. The van der Waals surface area contributed by atoms with Crippen LogP contribution in [0.4, 0.5) is 0 Å². The number of nitrogens with two attached hydrogens (primary N) is 1. The van der Waals surface area contributed by atoms with E-state index in [0.29, 0.717) is 18.0 Å². The second-order valence-corrected chi connectivity index (χ2v) is 3.78. The van der Waals surface area contributed by atoms with E-state index in [0.717, 1.165) is 17.5 Å². The molecule has 1 rings (SSSR count). The quantitative estimate of drug-likeness (QED) is 0.806. The predicted molar refractivity (Wildman–Crippen MR) is 59.5 cm³/mol. The maximum Gasteiger partial charge on any atom is 0.0802 e. The van der Waals surface area contributed by atoms with Crippen LogP contribution in [0.25, 0.3) is 0 Å². The summed E-state index contributed by atoms with van der Waals surface area (Å²) in [6.07, 6.45) is 0.996. The van der Waals surface area contributed by atoms with Crippen LogP contribution >= 0.6 is 11.6 Å². The van der Waals surface area contributed by atoms with E-state index in [9.17, 15) is 5.11 Å². The highest BCUT2D eigenvalue weighted by Crippen LogP contribution is 2.22. The van der Waals surface area contributed by atoms with Gasteiger partial charge in [-0.25, -0.2) is 0 Å². The lowest BCUT2D eigenvalue weighted by Gasteiger charge is -2.11. The highest BCUT2D eigenvalue weighted by atomic mass is 35.5. The van der Waals surface area contributed by atoms with Crippen LogP contribution in [-0.4, -0.2) is 11.7 Å². The molecule has 1 aromatic carbocycles. The minimum atomic E-state index is -0.496. The smallest absolute Gasteiger partial charge is 0.0802 e. The summed E-state index contributed by atoms with van der Waals surface area (Å²) in [4.78, 5) is 0. The Kier molecular flexibility index (Phi) is 4.39. The van der Waals surface area contributed by atoms with Crippen molar-refractivity contribution >= 4 is 11.6 Å². The van der Waals surface area contributed by atoms with Crippen molar-refractivity contribution in [2.45, 2.75) is 25.9 Å². The predicted octanol–water partition coefficient (Wildman–Crippen LogP) is 2.28. The third-order valence-electron chi connectivity index (χ3n) is 2.21. The van der Waals surface area contributed by atoms with E-state index in [4.69, 9.17) is 17.3 Å². The van der Waals surface area contributed by atoms with Crippen LogP contribution in [0.3, 0.4) is 0 Å². The summed E-state index contributed by atoms with van der Waals surface area (Å²) in [6.45, 7) is 2.54. The van der Waals surface area contributed by atoms with Crippen molar-refractivity contribution in [3.63, 3.8) is 0 Å². The second kappa shape index (κ2) is 5.35. The summed E-state index contributed by atoms with van der Waals surface area (Å²) >= 11 is 5.93. The second-order valence-electron chi connectivity index (χ2n) is 3.34. The van der Waals surface area contributed by atoms with Crippen molar-refractivity contribution < 1.29 is 5.11 Å². The van der Waals surface area contributed by atoms with Crippen LogP contribution < -0.4 is 5.73 Å². The molecule has 0 bridgehead atoms. The molecular weight excluding hydrogens is 198 g/mol. The summed E-state index contributed by atoms with van der Waals surface area (Å²) < 4.78 is 0. The zero-order valence-corrected chi connectivity index (χ0v) is 9.09. The fraction of sp³-hybridized carbons (Fsp3) is 0.455. The summed E-state index contributed by atoms with van der Waals surface area (Å²) in [5.41, 5.74) is 7.39. The van der Waals surface area contributed by atoms with E-state index in [2.05, 4.69) is 6.92 Å². The minimum absolute atomic E-state index is 0.481. The van der Waals surface area contributed by atoms with E-state index in [1.54, 1.807) is 6.07 Å². The maximum atomic E-state index is 9.73. The van der Waals surface area contributed by atoms with E-state index < -0.39 is 6.10 Å². The first-order valence-electron chi connectivity index (χ1n) is 4.85. The number of hydrogen-bond acceptors (Lipinski definition) is 2. The van der Waals surface area contributed by atoms with Crippen LogP contribution in [0.15, 0.2) is 18.2 Å². The first-order chi connectivity index (χ1) is 6.67. The Balaban J connectivity index is 2.90. The van der Waals surface area contributed by atoms with Gasteiger partial charge in [0.2, 0.25) is 0 Å². The van der Waals surface area contributed by atoms with E-state index in [-0.39, 0.29) is 0 Å². The fourth-order valence-electron chi connectivity index (χ4n) is 1.40. The molecule has 3 heteroatoms. The Hall–Kier alpha value is -0.570. The molecule has 1 atom stereocenters. The average Bonchev–Trinajstić information content (AvgIpc) is 2.17. The lowest BCUT2D eigenvalue weighted by molar-refractivity contribution is 0.170. The van der Waals surface area contributed by atoms with Crippen molar-refractivity contribution in [3.05, 3.63) is 34.3 Å². The van der Waals surface area contributed by atoms with Gasteiger partial charge in [0.1, 0.15) is 0 Å². The molecule has 0 spiro atoms. The van der Waals surface area contributed by atoms with Crippen molar-refractivity contribution in [2.24, 2.45) is 5.73 Å². The van der Waals surface area contributed by atoms with Gasteiger partial charge in [-0.05, 0) is 42.6 Å². The van der Waals surface area contributed by atoms with E-state index in [1.165, 1.54) is 0 Å². The van der Waals surface area contributed by atoms with E-state index in [1.807, 2.05) is 12.1 Å². The Morgan fingerprint density at radius 1 is 1.43 bits per heavy atom. The molecule has 2 nitrogen and oxygen atoms in total. The highest BCUT2D eigenvalue weighted by Gasteiger charge is 2.07. The molecule has 0 aliphatic heterocycles. The number of hydrogen-bond donors (Lipinski definition) is 2. The lowest BCUT2D eigenvalue weighted by Crippen LogP contribution is -2.07. The molecule has 14 heavy (non-hydrogen) atoms. The summed E-state index contributed by atoms with van der Waals surface area (Å²) in [5, 5.41) is 10.4. The average molecular weight is 214 g/mol. The van der Waals surface area contributed by atoms with Gasteiger partial charge in [0.05, 0.1) is 6.10 Å². The third-order valence-corrected chi connectivity index (χ3v) is 2.43. The molecule has 78 valence electrons. The van der Waals surface area contributed by atoms with Gasteiger partial charge >= 0.3 is 0 Å². The Morgan fingerprint density at radius 2 is 2.14 bits per heavy atom. The van der Waals surface area contributed by atoms with Crippen molar-refractivity contribution in [1.82, 2.24) is 0 Å². The zero-order valence-electron chi connectivity index (χ0n) is 8.33. The standard InChI is InChI=1S/C11H16ClNO/c1-2-8-5-9(7-10(12)6-8)11(14)3-4-13/h5-7,11,14H,2-4,13H2,1H3. The molecule has 3 N–H and O–H groups in total. The first-order valence-corrected chi connectivity index (χ1v) is 5.22. The Bertz CT molecular complexity index is 301. The molecule has 0 aliphatic rings. The number of halogens is 1. The van der Waals surface area contributed by atoms with Crippen LogP contribution in [0.2, 0.25) is 5.02 Å². The molecule has 0 amide bonds. The van der Waals surface area contributed by atoms with Gasteiger partial charge in [-0.15, -0.1) is 0 Å². The molecular formula is C11H16ClNO. The molecule has 1 aromatic rings. The number of rotatable bonds is 4. The first kappa shape index (κ1) is 11.5. The van der Waals surface area contributed by atoms with Crippen LogP contribution in [0, 0.1) is 0 Å².